The molecule has 0 aliphatic heterocycles. The number of nitrogens with two attached hydrogens (primary N) is 1. The number of unbranched alkanes of at least 4 members (excludes halogenated alkanes) is 2. The Morgan fingerprint density at radius 3 is 2.78 bits per heavy atom. The Kier molecular flexibility index (Phi) is 6.22. The second-order valence-electron chi connectivity index (χ2n) is 4.39. The van der Waals surface area contributed by atoms with Gasteiger partial charge in [-0.15, -0.1) is 0 Å². The van der Waals surface area contributed by atoms with Gasteiger partial charge in [0.15, 0.2) is 0 Å². The van der Waals surface area contributed by atoms with Gasteiger partial charge in [-0.25, -0.2) is 0 Å². The van der Waals surface area contributed by atoms with E-state index in [1.165, 1.54) is 0 Å². The molecule has 0 unspecified atom stereocenters. The second kappa shape index (κ2) is 7.71. The van der Waals surface area contributed by atoms with Crippen LogP contribution in [0.2, 0.25) is 0 Å². The highest BCUT2D eigenvalue weighted by Crippen LogP contribution is 2.20. The largest absolute Gasteiger partial charge is 0.493 e. The Balaban J connectivity index is 2.30. The lowest BCUT2D eigenvalue weighted by molar-refractivity contribution is -0.118. The molecule has 100 valence electrons. The van der Waals surface area contributed by atoms with Crippen molar-refractivity contribution < 1.29 is 14.6 Å². The number of carbonyl (C=O) groups is 1. The molecule has 4 nitrogen and oxygen atoms in total. The Morgan fingerprint density at radius 1 is 1.33 bits per heavy atom. The molecule has 0 atom stereocenters. The Morgan fingerprint density at radius 2 is 2.11 bits per heavy atom. The first-order valence-electron chi connectivity index (χ1n) is 6.25. The lowest BCUT2D eigenvalue weighted by Gasteiger charge is -2.10. The van der Waals surface area contributed by atoms with E-state index in [1.54, 1.807) is 0 Å². The van der Waals surface area contributed by atoms with Gasteiger partial charge in [-0.05, 0) is 37.8 Å². The summed E-state index contributed by atoms with van der Waals surface area (Å²) in [6, 6.07) is 5.75. The van der Waals surface area contributed by atoms with Gasteiger partial charge in [0.1, 0.15) is 5.75 Å². The quantitative estimate of drug-likeness (QED) is 0.693. The van der Waals surface area contributed by atoms with Gasteiger partial charge in [0, 0.05) is 12.0 Å². The van der Waals surface area contributed by atoms with Crippen molar-refractivity contribution in [3.05, 3.63) is 29.3 Å². The number of hydrogen-bond donors (Lipinski definition) is 2. The van der Waals surface area contributed by atoms with E-state index in [0.29, 0.717) is 13.0 Å². The normalized spacial score (nSPS) is 10.3. The van der Waals surface area contributed by atoms with Crippen LogP contribution in [0.25, 0.3) is 0 Å². The van der Waals surface area contributed by atoms with Gasteiger partial charge in [-0.3, -0.25) is 4.79 Å². The predicted molar refractivity (Wildman–Crippen MR) is 70.3 cm³/mol. The number of aryl methyl sites for hydroxylation is 1. The van der Waals surface area contributed by atoms with Gasteiger partial charge in [0.05, 0.1) is 13.2 Å². The fourth-order valence-corrected chi connectivity index (χ4v) is 1.69. The molecule has 0 aliphatic rings. The van der Waals surface area contributed by atoms with Crippen molar-refractivity contribution in [2.24, 2.45) is 5.73 Å². The molecule has 0 saturated carbocycles. The molecule has 0 spiro atoms. The van der Waals surface area contributed by atoms with Crippen LogP contribution < -0.4 is 10.5 Å². The van der Waals surface area contributed by atoms with E-state index in [1.807, 2.05) is 25.1 Å². The monoisotopic (exact) mass is 251 g/mol. The molecule has 1 rings (SSSR count). The van der Waals surface area contributed by atoms with Crippen LogP contribution in [0.15, 0.2) is 18.2 Å². The number of ether oxygens (including phenoxy) is 1. The van der Waals surface area contributed by atoms with Crippen molar-refractivity contribution in [1.29, 1.82) is 0 Å². The van der Waals surface area contributed by atoms with Gasteiger partial charge >= 0.3 is 0 Å². The summed E-state index contributed by atoms with van der Waals surface area (Å²) >= 11 is 0. The van der Waals surface area contributed by atoms with Crippen molar-refractivity contribution in [2.75, 3.05) is 6.61 Å². The number of aliphatic hydroxyl groups is 1. The molecule has 0 radical (unpaired) electrons. The van der Waals surface area contributed by atoms with Crippen LogP contribution >= 0.6 is 0 Å². The molecule has 4 heteroatoms. The maximum atomic E-state index is 10.5. The van der Waals surface area contributed by atoms with Crippen LogP contribution in [0.4, 0.5) is 0 Å². The molecule has 1 aromatic rings. The van der Waals surface area contributed by atoms with Gasteiger partial charge < -0.3 is 15.6 Å². The summed E-state index contributed by atoms with van der Waals surface area (Å²) in [5.41, 5.74) is 6.97. The zero-order chi connectivity index (χ0) is 13.4. The summed E-state index contributed by atoms with van der Waals surface area (Å²) < 4.78 is 5.64. The number of primary amides is 1. The maximum absolute atomic E-state index is 10.5. The number of carbonyl (C=O) groups excluding carboxylic acids is 1. The summed E-state index contributed by atoms with van der Waals surface area (Å²) in [7, 11) is 0. The first-order chi connectivity index (χ1) is 8.63. The molecule has 0 saturated heterocycles. The topological polar surface area (TPSA) is 72.6 Å². The lowest BCUT2D eigenvalue weighted by atomic mass is 10.1. The fraction of sp³-hybridized carbons (Fsp3) is 0.500. The van der Waals surface area contributed by atoms with Crippen LogP contribution in [0.3, 0.4) is 0 Å². The van der Waals surface area contributed by atoms with Gasteiger partial charge in [0.25, 0.3) is 0 Å². The van der Waals surface area contributed by atoms with Gasteiger partial charge in [-0.1, -0.05) is 12.1 Å². The van der Waals surface area contributed by atoms with Crippen LogP contribution in [0.1, 0.15) is 36.8 Å². The van der Waals surface area contributed by atoms with E-state index >= 15 is 0 Å². The van der Waals surface area contributed by atoms with E-state index < -0.39 is 0 Å². The summed E-state index contributed by atoms with van der Waals surface area (Å²) in [5, 5.41) is 9.18. The molecule has 1 aromatic carbocycles. The zero-order valence-electron chi connectivity index (χ0n) is 10.8. The minimum atomic E-state index is -0.253. The molecule has 18 heavy (non-hydrogen) atoms. The summed E-state index contributed by atoms with van der Waals surface area (Å²) in [6.07, 6.45) is 3.04. The Labute approximate surface area is 108 Å². The molecule has 1 amide bonds. The minimum absolute atomic E-state index is 0.0166. The summed E-state index contributed by atoms with van der Waals surface area (Å²) in [6.45, 7) is 2.56. The lowest BCUT2D eigenvalue weighted by Crippen LogP contribution is -2.09. The third-order valence-corrected chi connectivity index (χ3v) is 2.72. The van der Waals surface area contributed by atoms with Crippen molar-refractivity contribution in [3.8, 4) is 5.75 Å². The van der Waals surface area contributed by atoms with Crippen LogP contribution in [-0.2, 0) is 11.4 Å². The van der Waals surface area contributed by atoms with Crippen molar-refractivity contribution >= 4 is 5.91 Å². The maximum Gasteiger partial charge on any atom is 0.217 e. The fourth-order valence-electron chi connectivity index (χ4n) is 1.69. The van der Waals surface area contributed by atoms with Gasteiger partial charge in [-0.2, -0.15) is 0 Å². The zero-order valence-corrected chi connectivity index (χ0v) is 10.8. The number of aliphatic hydroxyl groups excluding tert-OH is 1. The average Bonchev–Trinajstić information content (AvgIpc) is 2.33. The van der Waals surface area contributed by atoms with Crippen LogP contribution in [-0.4, -0.2) is 17.6 Å². The van der Waals surface area contributed by atoms with E-state index in [0.717, 1.165) is 36.1 Å². The molecule has 0 aromatic heterocycles. The molecule has 0 bridgehead atoms. The molecule has 0 heterocycles. The number of rotatable bonds is 8. The summed E-state index contributed by atoms with van der Waals surface area (Å²) in [5.74, 6) is 0.490. The van der Waals surface area contributed by atoms with Crippen LogP contribution in [0.5, 0.6) is 5.75 Å². The van der Waals surface area contributed by atoms with Crippen molar-refractivity contribution in [2.45, 2.75) is 39.2 Å². The Bertz CT molecular complexity index is 391. The molecular weight excluding hydrogens is 230 g/mol. The molecule has 3 N–H and O–H groups in total. The molecule has 0 fully saturated rings. The minimum Gasteiger partial charge on any atom is -0.493 e. The highest BCUT2D eigenvalue weighted by molar-refractivity contribution is 5.73. The number of benzene rings is 1. The first-order valence-corrected chi connectivity index (χ1v) is 6.25. The highest BCUT2D eigenvalue weighted by atomic mass is 16.5. The Hall–Kier alpha value is -1.55. The highest BCUT2D eigenvalue weighted by Gasteiger charge is 2.03. The van der Waals surface area contributed by atoms with E-state index in [9.17, 15) is 9.90 Å². The van der Waals surface area contributed by atoms with Crippen molar-refractivity contribution in [1.82, 2.24) is 0 Å². The molecule has 0 aliphatic carbocycles. The van der Waals surface area contributed by atoms with E-state index in [2.05, 4.69) is 0 Å². The van der Waals surface area contributed by atoms with Crippen LogP contribution in [0, 0.1) is 6.92 Å². The van der Waals surface area contributed by atoms with Gasteiger partial charge in [0.2, 0.25) is 5.91 Å². The standard InChI is InChI=1S/C14H21NO3/c1-11-6-7-12(10-16)13(9-11)18-8-4-2-3-5-14(15)17/h6-7,9,16H,2-5,8,10H2,1H3,(H2,15,17). The molecular formula is C14H21NO3. The smallest absolute Gasteiger partial charge is 0.217 e. The first kappa shape index (κ1) is 14.5. The third-order valence-electron chi connectivity index (χ3n) is 2.72. The second-order valence-corrected chi connectivity index (χ2v) is 4.39. The van der Waals surface area contributed by atoms with Crippen molar-refractivity contribution in [3.63, 3.8) is 0 Å². The average molecular weight is 251 g/mol. The van der Waals surface area contributed by atoms with E-state index in [-0.39, 0.29) is 12.5 Å². The summed E-state index contributed by atoms with van der Waals surface area (Å²) in [4.78, 5) is 10.5. The third kappa shape index (κ3) is 5.19. The van der Waals surface area contributed by atoms with E-state index in [4.69, 9.17) is 10.5 Å². The number of hydrogen-bond acceptors (Lipinski definition) is 3. The predicted octanol–water partition coefficient (Wildman–Crippen LogP) is 1.91. The SMILES string of the molecule is Cc1ccc(CO)c(OCCCCCC(N)=O)c1. The number of amides is 1.